The van der Waals surface area contributed by atoms with Gasteiger partial charge in [0.2, 0.25) is 0 Å². The van der Waals surface area contributed by atoms with E-state index in [1.165, 1.54) is 6.07 Å². The Balaban J connectivity index is 2.85. The Morgan fingerprint density at radius 3 is 2.64 bits per heavy atom. The largest absolute Gasteiger partial charge is 0.418 e. The van der Waals surface area contributed by atoms with E-state index in [2.05, 4.69) is 4.52 Å². The van der Waals surface area contributed by atoms with Gasteiger partial charge in [-0.15, -0.1) is 0 Å². The summed E-state index contributed by atoms with van der Waals surface area (Å²) >= 11 is 0. The van der Waals surface area contributed by atoms with Crippen LogP contribution in [0.15, 0.2) is 27.5 Å². The molecule has 14 heavy (non-hydrogen) atoms. The van der Waals surface area contributed by atoms with Crippen LogP contribution in [-0.2, 0) is 6.18 Å². The molecule has 1 aromatic carbocycles. The molecular formula is C8H4F3NO2. The van der Waals surface area contributed by atoms with E-state index in [1.54, 1.807) is 0 Å². The van der Waals surface area contributed by atoms with Crippen LogP contribution in [0.5, 0.6) is 0 Å². The summed E-state index contributed by atoms with van der Waals surface area (Å²) < 4.78 is 41.4. The van der Waals surface area contributed by atoms with Gasteiger partial charge in [-0.25, -0.2) is 9.95 Å². The highest BCUT2D eigenvalue weighted by Gasteiger charge is 2.33. The Morgan fingerprint density at radius 2 is 2.00 bits per heavy atom. The van der Waals surface area contributed by atoms with E-state index in [9.17, 15) is 18.0 Å². The minimum Gasteiger partial charge on any atom is -0.338 e. The molecule has 0 atom stereocenters. The molecule has 0 saturated carbocycles. The van der Waals surface area contributed by atoms with E-state index >= 15 is 0 Å². The van der Waals surface area contributed by atoms with Crippen LogP contribution in [0.1, 0.15) is 5.56 Å². The number of alkyl halides is 3. The Kier molecular flexibility index (Phi) is 1.67. The van der Waals surface area contributed by atoms with E-state index < -0.39 is 17.4 Å². The van der Waals surface area contributed by atoms with Crippen molar-refractivity contribution >= 4 is 10.9 Å². The summed E-state index contributed by atoms with van der Waals surface area (Å²) in [6, 6.07) is 3.32. The van der Waals surface area contributed by atoms with Gasteiger partial charge in [0.1, 0.15) is 0 Å². The van der Waals surface area contributed by atoms with Crippen LogP contribution in [-0.4, -0.2) is 5.16 Å². The lowest BCUT2D eigenvalue weighted by molar-refractivity contribution is -0.136. The molecule has 0 aliphatic carbocycles. The van der Waals surface area contributed by atoms with Crippen molar-refractivity contribution in [1.82, 2.24) is 5.16 Å². The number of nitrogens with one attached hydrogen (secondary N) is 1. The minimum absolute atomic E-state index is 0.0974. The Morgan fingerprint density at radius 1 is 1.29 bits per heavy atom. The van der Waals surface area contributed by atoms with Crippen LogP contribution >= 0.6 is 0 Å². The number of para-hydroxylation sites is 1. The first-order chi connectivity index (χ1) is 6.50. The van der Waals surface area contributed by atoms with Gasteiger partial charge in [0.25, 0.3) is 0 Å². The molecule has 2 aromatic rings. The summed E-state index contributed by atoms with van der Waals surface area (Å²) in [4.78, 5) is 10.9. The summed E-state index contributed by atoms with van der Waals surface area (Å²) in [7, 11) is 0. The smallest absolute Gasteiger partial charge is 0.338 e. The number of rotatable bonds is 0. The SMILES string of the molecule is O=c1o[nH]c2c(C(F)(F)F)cccc12. The molecule has 0 spiro atoms. The van der Waals surface area contributed by atoms with Gasteiger partial charge in [0.05, 0.1) is 16.5 Å². The molecule has 1 aromatic heterocycles. The van der Waals surface area contributed by atoms with Crippen molar-refractivity contribution in [3.8, 4) is 0 Å². The van der Waals surface area contributed by atoms with Gasteiger partial charge in [0, 0.05) is 0 Å². The summed E-state index contributed by atoms with van der Waals surface area (Å²) in [5.41, 5.74) is -2.02. The number of halogens is 3. The number of hydrogen-bond acceptors (Lipinski definition) is 2. The Labute approximate surface area is 75.1 Å². The molecule has 2 rings (SSSR count). The van der Waals surface area contributed by atoms with Crippen molar-refractivity contribution in [2.75, 3.05) is 0 Å². The van der Waals surface area contributed by atoms with Gasteiger partial charge >= 0.3 is 11.8 Å². The lowest BCUT2D eigenvalue weighted by Gasteiger charge is -2.05. The maximum atomic E-state index is 12.4. The number of hydrogen-bond donors (Lipinski definition) is 1. The van der Waals surface area contributed by atoms with E-state index in [-0.39, 0.29) is 10.9 Å². The molecule has 1 N–H and O–H groups in total. The van der Waals surface area contributed by atoms with E-state index in [0.717, 1.165) is 12.1 Å². The fourth-order valence-electron chi connectivity index (χ4n) is 1.22. The number of benzene rings is 1. The standard InChI is InChI=1S/C8H4F3NO2/c9-8(10,11)5-3-1-2-4-6(5)12-14-7(4)13/h1-3,12H. The molecule has 0 amide bonds. The predicted octanol–water partition coefficient (Wildman–Crippen LogP) is 2.14. The van der Waals surface area contributed by atoms with Crippen molar-refractivity contribution in [2.24, 2.45) is 0 Å². The fraction of sp³-hybridized carbons (Fsp3) is 0.125. The quantitative estimate of drug-likeness (QED) is 0.712. The van der Waals surface area contributed by atoms with Crippen LogP contribution in [0, 0.1) is 0 Å². The zero-order chi connectivity index (χ0) is 10.3. The molecule has 1 heterocycles. The average Bonchev–Trinajstić information content (AvgIpc) is 2.46. The van der Waals surface area contributed by atoms with E-state index in [4.69, 9.17) is 0 Å². The molecule has 74 valence electrons. The normalized spacial score (nSPS) is 12.2. The third kappa shape index (κ3) is 1.19. The zero-order valence-electron chi connectivity index (χ0n) is 6.68. The lowest BCUT2D eigenvalue weighted by Crippen LogP contribution is -2.05. The summed E-state index contributed by atoms with van der Waals surface area (Å²) in [5, 5.41) is 1.86. The van der Waals surface area contributed by atoms with Gasteiger partial charge < -0.3 is 4.52 Å². The first-order valence-electron chi connectivity index (χ1n) is 3.67. The van der Waals surface area contributed by atoms with Crippen molar-refractivity contribution in [3.05, 3.63) is 34.2 Å². The van der Waals surface area contributed by atoms with E-state index in [1.807, 2.05) is 5.16 Å². The maximum absolute atomic E-state index is 12.4. The van der Waals surface area contributed by atoms with Crippen molar-refractivity contribution < 1.29 is 17.7 Å². The molecule has 0 aliphatic rings. The van der Waals surface area contributed by atoms with Crippen molar-refractivity contribution in [1.29, 1.82) is 0 Å². The number of H-pyrrole nitrogens is 1. The molecule has 0 saturated heterocycles. The highest BCUT2D eigenvalue weighted by atomic mass is 19.4. The molecule has 0 bridgehead atoms. The Bertz CT molecular complexity index is 523. The second-order valence-electron chi connectivity index (χ2n) is 2.72. The van der Waals surface area contributed by atoms with Gasteiger partial charge in [-0.3, -0.25) is 0 Å². The second-order valence-corrected chi connectivity index (χ2v) is 2.72. The minimum atomic E-state index is -4.49. The first kappa shape index (κ1) is 8.86. The molecule has 0 unspecified atom stereocenters. The number of aromatic nitrogens is 1. The zero-order valence-corrected chi connectivity index (χ0v) is 6.68. The molecule has 0 fully saturated rings. The molecule has 6 heteroatoms. The predicted molar refractivity (Wildman–Crippen MR) is 41.8 cm³/mol. The monoisotopic (exact) mass is 203 g/mol. The molecule has 0 radical (unpaired) electrons. The highest BCUT2D eigenvalue weighted by Crippen LogP contribution is 2.32. The summed E-state index contributed by atoms with van der Waals surface area (Å²) in [6.45, 7) is 0. The van der Waals surface area contributed by atoms with Gasteiger partial charge in [0.15, 0.2) is 0 Å². The van der Waals surface area contributed by atoms with Crippen molar-refractivity contribution in [3.63, 3.8) is 0 Å². The van der Waals surface area contributed by atoms with Gasteiger partial charge in [-0.1, -0.05) is 6.07 Å². The number of aromatic amines is 1. The van der Waals surface area contributed by atoms with Crippen LogP contribution in [0.25, 0.3) is 10.9 Å². The van der Waals surface area contributed by atoms with Crippen molar-refractivity contribution in [2.45, 2.75) is 6.18 Å². The Hall–Kier alpha value is -1.72. The van der Waals surface area contributed by atoms with Gasteiger partial charge in [-0.2, -0.15) is 13.2 Å². The van der Waals surface area contributed by atoms with Gasteiger partial charge in [-0.05, 0) is 12.1 Å². The maximum Gasteiger partial charge on any atom is 0.418 e. The molecule has 3 nitrogen and oxygen atoms in total. The number of fused-ring (bicyclic) bond motifs is 1. The van der Waals surface area contributed by atoms with Crippen LogP contribution in [0.2, 0.25) is 0 Å². The first-order valence-corrected chi connectivity index (χ1v) is 3.67. The lowest BCUT2D eigenvalue weighted by atomic mass is 10.1. The second kappa shape index (κ2) is 2.63. The fourth-order valence-corrected chi connectivity index (χ4v) is 1.22. The summed E-state index contributed by atoms with van der Waals surface area (Å²) in [5.74, 6) is 0. The topological polar surface area (TPSA) is 46.0 Å². The highest BCUT2D eigenvalue weighted by molar-refractivity contribution is 5.80. The molecular weight excluding hydrogens is 199 g/mol. The van der Waals surface area contributed by atoms with Crippen LogP contribution < -0.4 is 5.63 Å². The van der Waals surface area contributed by atoms with Crippen LogP contribution in [0.3, 0.4) is 0 Å². The summed E-state index contributed by atoms with van der Waals surface area (Å²) in [6.07, 6.45) is -4.49. The molecule has 0 aliphatic heterocycles. The third-order valence-corrected chi connectivity index (χ3v) is 1.84. The average molecular weight is 203 g/mol. The third-order valence-electron chi connectivity index (χ3n) is 1.84. The van der Waals surface area contributed by atoms with Crippen LogP contribution in [0.4, 0.5) is 13.2 Å². The van der Waals surface area contributed by atoms with E-state index in [0.29, 0.717) is 0 Å².